The van der Waals surface area contributed by atoms with Crippen molar-refractivity contribution in [3.63, 3.8) is 0 Å². The lowest BCUT2D eigenvalue weighted by Gasteiger charge is -2.56. The highest BCUT2D eigenvalue weighted by molar-refractivity contribution is 5.02. The molecule has 2 bridgehead atoms. The quantitative estimate of drug-likeness (QED) is 0.608. The van der Waals surface area contributed by atoms with Crippen LogP contribution in [0.5, 0.6) is 0 Å². The molecular formula is C10H19N. The summed E-state index contributed by atoms with van der Waals surface area (Å²) in [6, 6.07) is 0.881. The van der Waals surface area contributed by atoms with Gasteiger partial charge in [-0.3, -0.25) is 0 Å². The van der Waals surface area contributed by atoms with Gasteiger partial charge in [0.1, 0.15) is 0 Å². The van der Waals surface area contributed by atoms with Gasteiger partial charge in [-0.05, 0) is 30.1 Å². The monoisotopic (exact) mass is 153 g/mol. The van der Waals surface area contributed by atoms with E-state index in [0.29, 0.717) is 5.41 Å². The van der Waals surface area contributed by atoms with Crippen molar-refractivity contribution in [3.8, 4) is 0 Å². The number of rotatable bonds is 1. The fourth-order valence-corrected chi connectivity index (χ4v) is 2.51. The summed E-state index contributed by atoms with van der Waals surface area (Å²) in [6.45, 7) is 8.42. The first kappa shape index (κ1) is 7.60. The van der Waals surface area contributed by atoms with Crippen LogP contribution in [0, 0.1) is 17.3 Å². The van der Waals surface area contributed by atoms with E-state index in [1.54, 1.807) is 0 Å². The maximum atomic E-state index is 3.62. The first-order valence-electron chi connectivity index (χ1n) is 4.86. The van der Waals surface area contributed by atoms with Gasteiger partial charge in [0.05, 0.1) is 0 Å². The van der Waals surface area contributed by atoms with Crippen LogP contribution in [0.15, 0.2) is 0 Å². The first-order valence-corrected chi connectivity index (χ1v) is 4.86. The average Bonchev–Trinajstić information content (AvgIpc) is 1.85. The maximum absolute atomic E-state index is 3.62. The van der Waals surface area contributed by atoms with Crippen LogP contribution >= 0.6 is 0 Å². The van der Waals surface area contributed by atoms with Crippen LogP contribution in [-0.2, 0) is 0 Å². The van der Waals surface area contributed by atoms with Gasteiger partial charge >= 0.3 is 0 Å². The zero-order chi connectivity index (χ0) is 8.06. The van der Waals surface area contributed by atoms with Crippen molar-refractivity contribution in [3.05, 3.63) is 0 Å². The van der Waals surface area contributed by atoms with Gasteiger partial charge in [-0.15, -0.1) is 0 Å². The van der Waals surface area contributed by atoms with Crippen molar-refractivity contribution >= 4 is 0 Å². The van der Waals surface area contributed by atoms with Gasteiger partial charge in [0.15, 0.2) is 0 Å². The summed E-state index contributed by atoms with van der Waals surface area (Å²) in [5, 5.41) is 3.62. The van der Waals surface area contributed by atoms with Gasteiger partial charge in [-0.25, -0.2) is 0 Å². The van der Waals surface area contributed by atoms with Crippen molar-refractivity contribution < 1.29 is 0 Å². The summed E-state index contributed by atoms with van der Waals surface area (Å²) in [5.74, 6) is 1.86. The molecule has 1 heteroatoms. The summed E-state index contributed by atoms with van der Waals surface area (Å²) < 4.78 is 0. The predicted octanol–water partition coefficient (Wildman–Crippen LogP) is 2.03. The highest BCUT2D eigenvalue weighted by atomic mass is 15.0. The Bertz CT molecular complexity index is 156. The molecule has 1 unspecified atom stereocenters. The molecule has 1 saturated carbocycles. The number of hydrogen-bond donors (Lipinski definition) is 1. The second-order valence-corrected chi connectivity index (χ2v) is 4.91. The van der Waals surface area contributed by atoms with Gasteiger partial charge < -0.3 is 5.32 Å². The van der Waals surface area contributed by atoms with Crippen LogP contribution < -0.4 is 5.32 Å². The summed E-state index contributed by atoms with van der Waals surface area (Å²) in [5.41, 5.74) is 0.592. The third-order valence-corrected chi connectivity index (χ3v) is 4.16. The van der Waals surface area contributed by atoms with E-state index < -0.39 is 0 Å². The molecule has 0 aromatic carbocycles. The van der Waals surface area contributed by atoms with Crippen molar-refractivity contribution in [2.75, 3.05) is 6.54 Å². The van der Waals surface area contributed by atoms with E-state index in [4.69, 9.17) is 0 Å². The molecule has 0 amide bonds. The van der Waals surface area contributed by atoms with E-state index >= 15 is 0 Å². The molecule has 1 nitrogen and oxygen atoms in total. The van der Waals surface area contributed by atoms with E-state index in [2.05, 4.69) is 26.1 Å². The molecule has 0 spiro atoms. The molecule has 3 fully saturated rings. The smallest absolute Gasteiger partial charge is 0.00730 e. The van der Waals surface area contributed by atoms with Crippen molar-refractivity contribution in [2.45, 2.75) is 39.7 Å². The Morgan fingerprint density at radius 1 is 1.36 bits per heavy atom. The summed E-state index contributed by atoms with van der Waals surface area (Å²) in [4.78, 5) is 0. The number of hydrogen-bond acceptors (Lipinski definition) is 1. The molecule has 11 heavy (non-hydrogen) atoms. The minimum Gasteiger partial charge on any atom is -0.313 e. The van der Waals surface area contributed by atoms with E-state index in [0.717, 1.165) is 17.9 Å². The summed E-state index contributed by atoms with van der Waals surface area (Å²) in [7, 11) is 0. The number of fused-ring (bicyclic) bond motifs is 2. The third kappa shape index (κ3) is 0.936. The Morgan fingerprint density at radius 3 is 2.27 bits per heavy atom. The van der Waals surface area contributed by atoms with Crippen molar-refractivity contribution in [2.24, 2.45) is 17.3 Å². The Kier molecular flexibility index (Phi) is 1.54. The lowest BCUT2D eigenvalue weighted by atomic mass is 9.56. The zero-order valence-corrected chi connectivity index (χ0v) is 7.85. The highest BCUT2D eigenvalue weighted by Crippen LogP contribution is 2.49. The lowest BCUT2D eigenvalue weighted by Crippen LogP contribution is -2.60. The van der Waals surface area contributed by atoms with E-state index in [1.165, 1.54) is 19.4 Å². The molecular weight excluding hydrogens is 134 g/mol. The molecule has 2 saturated heterocycles. The Balaban J connectivity index is 2.11. The Hall–Kier alpha value is -0.0400. The SMILES string of the molecule is CC(C)C1(C)CNC2CC1C2. The molecule has 64 valence electrons. The fraction of sp³-hybridized carbons (Fsp3) is 1.00. The van der Waals surface area contributed by atoms with E-state index in [1.807, 2.05) is 0 Å². The minimum atomic E-state index is 0.592. The van der Waals surface area contributed by atoms with Gasteiger partial charge in [-0.2, -0.15) is 0 Å². The van der Waals surface area contributed by atoms with Crippen LogP contribution in [0.3, 0.4) is 0 Å². The molecule has 3 rings (SSSR count). The van der Waals surface area contributed by atoms with Gasteiger partial charge in [-0.1, -0.05) is 20.8 Å². The molecule has 2 heterocycles. The van der Waals surface area contributed by atoms with Crippen molar-refractivity contribution in [1.29, 1.82) is 0 Å². The zero-order valence-electron chi connectivity index (χ0n) is 7.85. The first-order chi connectivity index (χ1) is 5.13. The van der Waals surface area contributed by atoms with E-state index in [-0.39, 0.29) is 0 Å². The molecule has 2 aliphatic heterocycles. The predicted molar refractivity (Wildman–Crippen MR) is 47.5 cm³/mol. The molecule has 0 aromatic rings. The van der Waals surface area contributed by atoms with Gasteiger partial charge in [0.2, 0.25) is 0 Å². The number of nitrogens with one attached hydrogen (secondary N) is 1. The minimum absolute atomic E-state index is 0.592. The molecule has 3 aliphatic rings. The van der Waals surface area contributed by atoms with Crippen LogP contribution in [0.4, 0.5) is 0 Å². The molecule has 0 aromatic heterocycles. The lowest BCUT2D eigenvalue weighted by molar-refractivity contribution is -0.0230. The second kappa shape index (κ2) is 2.22. The number of piperidine rings is 2. The fourth-order valence-electron chi connectivity index (χ4n) is 2.51. The molecule has 1 N–H and O–H groups in total. The Labute approximate surface area is 69.6 Å². The van der Waals surface area contributed by atoms with Crippen LogP contribution in [0.1, 0.15) is 33.6 Å². The topological polar surface area (TPSA) is 12.0 Å². The van der Waals surface area contributed by atoms with Gasteiger partial charge in [0, 0.05) is 12.6 Å². The maximum Gasteiger partial charge on any atom is 0.00730 e. The third-order valence-electron chi connectivity index (χ3n) is 4.16. The highest BCUT2D eigenvalue weighted by Gasteiger charge is 2.48. The summed E-state index contributed by atoms with van der Waals surface area (Å²) >= 11 is 0. The van der Waals surface area contributed by atoms with Crippen LogP contribution in [0.25, 0.3) is 0 Å². The average molecular weight is 153 g/mol. The molecule has 1 atom stereocenters. The standard InChI is InChI=1S/C10H19N/c1-7(2)10(3)6-11-9-4-8(10)5-9/h7-9,11H,4-6H2,1-3H3. The van der Waals surface area contributed by atoms with Crippen molar-refractivity contribution in [1.82, 2.24) is 5.32 Å². The van der Waals surface area contributed by atoms with Gasteiger partial charge in [0.25, 0.3) is 0 Å². The Morgan fingerprint density at radius 2 is 2.00 bits per heavy atom. The van der Waals surface area contributed by atoms with Crippen LogP contribution in [-0.4, -0.2) is 12.6 Å². The largest absolute Gasteiger partial charge is 0.313 e. The normalized spacial score (nSPS) is 49.1. The van der Waals surface area contributed by atoms with E-state index in [9.17, 15) is 0 Å². The van der Waals surface area contributed by atoms with Crippen LogP contribution in [0.2, 0.25) is 0 Å². The molecule has 1 aliphatic carbocycles. The molecule has 0 radical (unpaired) electrons. The second-order valence-electron chi connectivity index (χ2n) is 4.91. The summed E-state index contributed by atoms with van der Waals surface area (Å²) in [6.07, 6.45) is 2.88.